The third-order valence-electron chi connectivity index (χ3n) is 3.08. The lowest BCUT2D eigenvalue weighted by Crippen LogP contribution is -2.30. The van der Waals surface area contributed by atoms with Crippen LogP contribution in [0.1, 0.15) is 36.7 Å². The Balaban J connectivity index is 2.64. The van der Waals surface area contributed by atoms with Gasteiger partial charge in [-0.15, -0.1) is 0 Å². The minimum atomic E-state index is -0.0482. The smallest absolute Gasteiger partial charge is 0.251 e. The van der Waals surface area contributed by atoms with Crippen LogP contribution in [0.5, 0.6) is 0 Å². The van der Waals surface area contributed by atoms with E-state index >= 15 is 0 Å². The topological polar surface area (TPSA) is 55.1 Å². The molecule has 0 heterocycles. The second kappa shape index (κ2) is 5.71. The Labute approximate surface area is 103 Å². The molecule has 0 saturated heterocycles. The summed E-state index contributed by atoms with van der Waals surface area (Å²) in [7, 11) is 0. The highest BCUT2D eigenvalue weighted by atomic mass is 16.1. The summed E-state index contributed by atoms with van der Waals surface area (Å²) in [6, 6.07) is 5.42. The Morgan fingerprint density at radius 3 is 2.47 bits per heavy atom. The fourth-order valence-corrected chi connectivity index (χ4v) is 1.54. The van der Waals surface area contributed by atoms with Gasteiger partial charge in [0.2, 0.25) is 0 Å². The van der Waals surface area contributed by atoms with Crippen LogP contribution in [0.3, 0.4) is 0 Å². The van der Waals surface area contributed by atoms with Crippen molar-refractivity contribution in [3.8, 4) is 0 Å². The predicted molar refractivity (Wildman–Crippen MR) is 71.9 cm³/mol. The van der Waals surface area contributed by atoms with Gasteiger partial charge < -0.3 is 11.1 Å². The average molecular weight is 234 g/mol. The van der Waals surface area contributed by atoms with Crippen molar-refractivity contribution in [2.45, 2.75) is 27.7 Å². The number of nitrogen functional groups attached to an aromatic ring is 1. The normalized spacial score (nSPS) is 12.5. The molecule has 17 heavy (non-hydrogen) atoms. The van der Waals surface area contributed by atoms with E-state index in [9.17, 15) is 4.79 Å². The van der Waals surface area contributed by atoms with E-state index < -0.39 is 0 Å². The van der Waals surface area contributed by atoms with Gasteiger partial charge in [-0.3, -0.25) is 4.79 Å². The summed E-state index contributed by atoms with van der Waals surface area (Å²) in [5.74, 6) is 0.992. The number of rotatable bonds is 4. The Morgan fingerprint density at radius 2 is 1.94 bits per heavy atom. The lowest BCUT2D eigenvalue weighted by molar-refractivity contribution is 0.0945. The van der Waals surface area contributed by atoms with E-state index in [1.54, 1.807) is 6.07 Å². The van der Waals surface area contributed by atoms with Crippen molar-refractivity contribution in [3.63, 3.8) is 0 Å². The molecule has 1 atom stereocenters. The van der Waals surface area contributed by atoms with E-state index in [0.717, 1.165) is 5.56 Å². The molecule has 3 nitrogen and oxygen atoms in total. The predicted octanol–water partition coefficient (Wildman–Crippen LogP) is 2.60. The summed E-state index contributed by atoms with van der Waals surface area (Å²) >= 11 is 0. The maximum Gasteiger partial charge on any atom is 0.251 e. The molecule has 0 radical (unpaired) electrons. The van der Waals surface area contributed by atoms with Gasteiger partial charge in [-0.25, -0.2) is 0 Å². The number of aryl methyl sites for hydroxylation is 1. The van der Waals surface area contributed by atoms with Crippen LogP contribution in [0.4, 0.5) is 5.69 Å². The number of benzene rings is 1. The SMILES string of the molecule is Cc1cc(N)cc(C(=O)NCC(C)C(C)C)c1. The Hall–Kier alpha value is -1.51. The number of amides is 1. The summed E-state index contributed by atoms with van der Waals surface area (Å²) in [6.45, 7) is 9.08. The molecule has 3 heteroatoms. The van der Waals surface area contributed by atoms with Crippen LogP contribution < -0.4 is 11.1 Å². The van der Waals surface area contributed by atoms with E-state index in [4.69, 9.17) is 5.73 Å². The van der Waals surface area contributed by atoms with Gasteiger partial charge in [0, 0.05) is 17.8 Å². The first-order valence-electron chi connectivity index (χ1n) is 6.05. The van der Waals surface area contributed by atoms with Crippen molar-refractivity contribution in [1.29, 1.82) is 0 Å². The molecule has 0 fully saturated rings. The molecule has 0 saturated carbocycles. The lowest BCUT2D eigenvalue weighted by Gasteiger charge is -2.16. The van der Waals surface area contributed by atoms with Gasteiger partial charge in [0.05, 0.1) is 0 Å². The Morgan fingerprint density at radius 1 is 1.29 bits per heavy atom. The standard InChI is InChI=1S/C14H22N2O/c1-9(2)11(4)8-16-14(17)12-5-10(3)6-13(15)7-12/h5-7,9,11H,8,15H2,1-4H3,(H,16,17). The summed E-state index contributed by atoms with van der Waals surface area (Å²) in [5, 5.41) is 2.94. The molecule has 0 spiro atoms. The van der Waals surface area contributed by atoms with E-state index in [-0.39, 0.29) is 5.91 Å². The Kier molecular flexibility index (Phi) is 4.55. The van der Waals surface area contributed by atoms with Gasteiger partial charge in [0.25, 0.3) is 5.91 Å². The third-order valence-corrected chi connectivity index (χ3v) is 3.08. The number of nitrogens with one attached hydrogen (secondary N) is 1. The van der Waals surface area contributed by atoms with Gasteiger partial charge >= 0.3 is 0 Å². The van der Waals surface area contributed by atoms with Crippen molar-refractivity contribution in [2.24, 2.45) is 11.8 Å². The first kappa shape index (κ1) is 13.6. The first-order chi connectivity index (χ1) is 7.90. The molecule has 1 aromatic rings. The van der Waals surface area contributed by atoms with Crippen LogP contribution in [-0.4, -0.2) is 12.5 Å². The highest BCUT2D eigenvalue weighted by Crippen LogP contribution is 2.12. The maximum atomic E-state index is 11.9. The van der Waals surface area contributed by atoms with Crippen molar-refractivity contribution < 1.29 is 4.79 Å². The molecule has 1 aromatic carbocycles. The zero-order chi connectivity index (χ0) is 13.0. The van der Waals surface area contributed by atoms with Gasteiger partial charge in [-0.05, 0) is 42.5 Å². The molecule has 1 rings (SSSR count). The summed E-state index contributed by atoms with van der Waals surface area (Å²) < 4.78 is 0. The molecule has 94 valence electrons. The fourth-order valence-electron chi connectivity index (χ4n) is 1.54. The molecule has 0 aliphatic rings. The van der Waals surface area contributed by atoms with Gasteiger partial charge in [0.15, 0.2) is 0 Å². The van der Waals surface area contributed by atoms with Crippen molar-refractivity contribution in [3.05, 3.63) is 29.3 Å². The monoisotopic (exact) mass is 234 g/mol. The van der Waals surface area contributed by atoms with Gasteiger partial charge in [0.1, 0.15) is 0 Å². The molecule has 1 unspecified atom stereocenters. The number of hydrogen-bond acceptors (Lipinski definition) is 2. The second-order valence-electron chi connectivity index (χ2n) is 5.06. The maximum absolute atomic E-state index is 11.9. The zero-order valence-corrected chi connectivity index (χ0v) is 11.1. The lowest BCUT2D eigenvalue weighted by atomic mass is 9.98. The number of nitrogens with two attached hydrogens (primary N) is 1. The number of hydrogen-bond donors (Lipinski definition) is 2. The molecule has 0 aliphatic heterocycles. The molecule has 0 aliphatic carbocycles. The molecule has 3 N–H and O–H groups in total. The summed E-state index contributed by atoms with van der Waals surface area (Å²) in [4.78, 5) is 11.9. The van der Waals surface area contributed by atoms with Crippen molar-refractivity contribution in [1.82, 2.24) is 5.32 Å². The minimum absolute atomic E-state index is 0.0482. The third kappa shape index (κ3) is 4.10. The van der Waals surface area contributed by atoms with E-state index in [0.29, 0.717) is 29.6 Å². The molecule has 0 aromatic heterocycles. The highest BCUT2D eigenvalue weighted by molar-refractivity contribution is 5.95. The van der Waals surface area contributed by atoms with Crippen LogP contribution in [0.15, 0.2) is 18.2 Å². The van der Waals surface area contributed by atoms with Crippen molar-refractivity contribution >= 4 is 11.6 Å². The number of carbonyl (C=O) groups excluding carboxylic acids is 1. The fraction of sp³-hybridized carbons (Fsp3) is 0.500. The van der Waals surface area contributed by atoms with E-state index in [2.05, 4.69) is 26.1 Å². The molecule has 1 amide bonds. The molecular formula is C14H22N2O. The van der Waals surface area contributed by atoms with Crippen LogP contribution in [0.2, 0.25) is 0 Å². The van der Waals surface area contributed by atoms with Gasteiger partial charge in [-0.1, -0.05) is 20.8 Å². The largest absolute Gasteiger partial charge is 0.399 e. The quantitative estimate of drug-likeness (QED) is 0.787. The Bertz CT molecular complexity index is 379. The van der Waals surface area contributed by atoms with E-state index in [1.165, 1.54) is 0 Å². The average Bonchev–Trinajstić information content (AvgIpc) is 2.23. The van der Waals surface area contributed by atoms with Crippen LogP contribution >= 0.6 is 0 Å². The molecular weight excluding hydrogens is 212 g/mol. The van der Waals surface area contributed by atoms with Crippen LogP contribution in [0.25, 0.3) is 0 Å². The highest BCUT2D eigenvalue weighted by Gasteiger charge is 2.11. The first-order valence-corrected chi connectivity index (χ1v) is 6.05. The minimum Gasteiger partial charge on any atom is -0.399 e. The zero-order valence-electron chi connectivity index (χ0n) is 11.1. The summed E-state index contributed by atoms with van der Waals surface area (Å²) in [5.41, 5.74) is 8.00. The van der Waals surface area contributed by atoms with Gasteiger partial charge in [-0.2, -0.15) is 0 Å². The second-order valence-corrected chi connectivity index (χ2v) is 5.06. The van der Waals surface area contributed by atoms with Crippen LogP contribution in [0, 0.1) is 18.8 Å². The van der Waals surface area contributed by atoms with Crippen molar-refractivity contribution in [2.75, 3.05) is 12.3 Å². The number of anilines is 1. The molecule has 0 bridgehead atoms. The number of carbonyl (C=O) groups is 1. The summed E-state index contributed by atoms with van der Waals surface area (Å²) in [6.07, 6.45) is 0. The van der Waals surface area contributed by atoms with Crippen LogP contribution in [-0.2, 0) is 0 Å². The van der Waals surface area contributed by atoms with E-state index in [1.807, 2.05) is 19.1 Å².